The lowest BCUT2D eigenvalue weighted by Gasteiger charge is -2.57. The second-order valence-corrected chi connectivity index (χ2v) is 8.98. The van der Waals surface area contributed by atoms with Crippen LogP contribution < -0.4 is 5.32 Å². The van der Waals surface area contributed by atoms with E-state index in [-0.39, 0.29) is 29.0 Å². The van der Waals surface area contributed by atoms with Crippen molar-refractivity contribution in [1.82, 2.24) is 5.32 Å². The molecule has 6 atom stereocenters. The molecule has 6 heteroatoms. The first-order valence-electron chi connectivity index (χ1n) is 9.69. The van der Waals surface area contributed by atoms with Crippen LogP contribution >= 0.6 is 0 Å². The third-order valence-electron chi connectivity index (χ3n) is 7.81. The number of allylic oxidation sites excluding steroid dienone is 3. The Morgan fingerprint density at radius 3 is 2.63 bits per heavy atom. The van der Waals surface area contributed by atoms with Gasteiger partial charge in [-0.15, -0.1) is 0 Å². The molecule has 3 fully saturated rings. The third-order valence-corrected chi connectivity index (χ3v) is 7.81. The number of nitrogens with one attached hydrogen (secondary N) is 1. The summed E-state index contributed by atoms with van der Waals surface area (Å²) in [5.74, 6) is -1.63. The van der Waals surface area contributed by atoms with Crippen LogP contribution in [0.1, 0.15) is 46.0 Å². The molecule has 144 valence electrons. The van der Waals surface area contributed by atoms with E-state index in [1.54, 1.807) is 12.2 Å². The van der Waals surface area contributed by atoms with Crippen LogP contribution in [0.3, 0.4) is 0 Å². The number of amides is 1. The smallest absolute Gasteiger partial charge is 0.394 e. The molecular weight excluding hydrogens is 346 g/mol. The maximum Gasteiger partial charge on any atom is 0.394 e. The Hall–Kier alpha value is -2.24. The first kappa shape index (κ1) is 18.1. The molecule has 3 saturated carbocycles. The normalized spacial score (nSPS) is 42.7. The summed E-state index contributed by atoms with van der Waals surface area (Å²) in [7, 11) is 0. The highest BCUT2D eigenvalue weighted by atomic mass is 16.4. The maximum absolute atomic E-state index is 12.5. The van der Waals surface area contributed by atoms with Gasteiger partial charge in [-0.2, -0.15) is 0 Å². The van der Waals surface area contributed by atoms with Crippen molar-refractivity contribution in [3.63, 3.8) is 0 Å². The van der Waals surface area contributed by atoms with E-state index >= 15 is 0 Å². The predicted molar refractivity (Wildman–Crippen MR) is 96.6 cm³/mol. The second-order valence-electron chi connectivity index (χ2n) is 8.98. The van der Waals surface area contributed by atoms with Crippen LogP contribution in [0.4, 0.5) is 0 Å². The molecular formula is C21H25NO5. The predicted octanol–water partition coefficient (Wildman–Crippen LogP) is 2.04. The topological polar surface area (TPSA) is 101 Å². The van der Waals surface area contributed by atoms with Gasteiger partial charge in [-0.1, -0.05) is 19.9 Å². The van der Waals surface area contributed by atoms with Crippen LogP contribution in [0.15, 0.2) is 23.8 Å². The summed E-state index contributed by atoms with van der Waals surface area (Å²) in [6, 6.07) is -0.494. The molecule has 4 rings (SSSR count). The SMILES string of the molecule is C[C@]12C=CC(=O)C=C1[C@@H](NC(=O)C(=O)O)C[C@@H]1[C@@H]2CC[C@]2(C)C(=O)CC[C@@H]12. The zero-order chi connectivity index (χ0) is 19.6. The van der Waals surface area contributed by atoms with E-state index in [2.05, 4.69) is 19.2 Å². The molecule has 1 amide bonds. The number of carboxylic acids is 1. The van der Waals surface area contributed by atoms with Gasteiger partial charge in [0.05, 0.1) is 6.04 Å². The summed E-state index contributed by atoms with van der Waals surface area (Å²) in [6.07, 6.45) is 8.87. The Kier molecular flexibility index (Phi) is 3.95. The molecule has 0 bridgehead atoms. The van der Waals surface area contributed by atoms with E-state index in [9.17, 15) is 19.2 Å². The van der Waals surface area contributed by atoms with Crippen molar-refractivity contribution in [3.8, 4) is 0 Å². The summed E-state index contributed by atoms with van der Waals surface area (Å²) in [5, 5.41) is 11.6. The highest BCUT2D eigenvalue weighted by Gasteiger charge is 2.60. The van der Waals surface area contributed by atoms with Gasteiger partial charge in [0.1, 0.15) is 5.78 Å². The van der Waals surface area contributed by atoms with Gasteiger partial charge in [0.15, 0.2) is 5.78 Å². The maximum atomic E-state index is 12.5. The summed E-state index contributed by atoms with van der Waals surface area (Å²) in [6.45, 7) is 4.15. The van der Waals surface area contributed by atoms with Gasteiger partial charge in [0.2, 0.25) is 0 Å². The molecule has 0 aliphatic heterocycles. The minimum absolute atomic E-state index is 0.132. The molecule has 0 heterocycles. The van der Waals surface area contributed by atoms with Crippen LogP contribution in [0.25, 0.3) is 0 Å². The lowest BCUT2D eigenvalue weighted by molar-refractivity contribution is -0.150. The van der Waals surface area contributed by atoms with E-state index in [0.717, 1.165) is 24.8 Å². The highest BCUT2D eigenvalue weighted by molar-refractivity contribution is 6.31. The fourth-order valence-corrected chi connectivity index (χ4v) is 6.41. The van der Waals surface area contributed by atoms with Crippen molar-refractivity contribution in [1.29, 1.82) is 0 Å². The van der Waals surface area contributed by atoms with Gasteiger partial charge >= 0.3 is 11.9 Å². The lowest BCUT2D eigenvalue weighted by atomic mass is 9.47. The Morgan fingerprint density at radius 1 is 1.19 bits per heavy atom. The monoisotopic (exact) mass is 371 g/mol. The molecule has 27 heavy (non-hydrogen) atoms. The summed E-state index contributed by atoms with van der Waals surface area (Å²) < 4.78 is 0. The van der Waals surface area contributed by atoms with Crippen molar-refractivity contribution in [2.75, 3.05) is 0 Å². The van der Waals surface area contributed by atoms with Gasteiger partial charge in [-0.05, 0) is 61.2 Å². The Bertz CT molecular complexity index is 811. The number of hydrogen-bond acceptors (Lipinski definition) is 4. The standard InChI is InChI=1S/C21H25NO5/c1-20-7-5-11(23)9-15(20)16(22-18(25)19(26)27)10-12-13-3-4-17(24)21(13,2)8-6-14(12)20/h5,7,9,12-14,16H,3-4,6,8,10H2,1-2H3,(H,22,25)(H,26,27)/t12-,13-,14-,16-,20+,21-/m0/s1. The number of fused-ring (bicyclic) bond motifs is 5. The molecule has 4 aliphatic carbocycles. The molecule has 6 nitrogen and oxygen atoms in total. The molecule has 0 saturated heterocycles. The summed E-state index contributed by atoms with van der Waals surface area (Å²) in [4.78, 5) is 47.5. The van der Waals surface area contributed by atoms with Crippen LogP contribution in [0, 0.1) is 28.6 Å². The third kappa shape index (κ3) is 2.52. The second kappa shape index (κ2) is 5.88. The number of Topliss-reactive ketones (excluding diaryl/α,β-unsaturated/α-hetero) is 1. The summed E-state index contributed by atoms with van der Waals surface area (Å²) >= 11 is 0. The van der Waals surface area contributed by atoms with E-state index in [1.807, 2.05) is 6.08 Å². The first-order valence-corrected chi connectivity index (χ1v) is 9.69. The Labute approximate surface area is 158 Å². The van der Waals surface area contributed by atoms with Crippen LogP contribution in [-0.4, -0.2) is 34.6 Å². The fraction of sp³-hybridized carbons (Fsp3) is 0.619. The minimum Gasteiger partial charge on any atom is -0.474 e. The number of carboxylic acid groups (broad SMARTS) is 1. The quantitative estimate of drug-likeness (QED) is 0.687. The highest BCUT2D eigenvalue weighted by Crippen LogP contribution is 2.63. The van der Waals surface area contributed by atoms with Gasteiger partial charge in [0, 0.05) is 17.3 Å². The van der Waals surface area contributed by atoms with Gasteiger partial charge in [0.25, 0.3) is 0 Å². The molecule has 0 spiro atoms. The number of rotatable bonds is 1. The van der Waals surface area contributed by atoms with Crippen LogP contribution in [0.5, 0.6) is 0 Å². The molecule has 0 unspecified atom stereocenters. The lowest BCUT2D eigenvalue weighted by Crippen LogP contribution is -2.57. The molecule has 0 aromatic rings. The van der Waals surface area contributed by atoms with E-state index in [1.165, 1.54) is 0 Å². The number of carbonyl (C=O) groups excluding carboxylic acids is 3. The van der Waals surface area contributed by atoms with Crippen molar-refractivity contribution in [2.24, 2.45) is 28.6 Å². The van der Waals surface area contributed by atoms with Crippen molar-refractivity contribution in [2.45, 2.75) is 52.0 Å². The molecule has 2 N–H and O–H groups in total. The Balaban J connectivity index is 1.74. The van der Waals surface area contributed by atoms with Gasteiger partial charge in [-0.25, -0.2) is 4.79 Å². The van der Waals surface area contributed by atoms with Gasteiger partial charge < -0.3 is 10.4 Å². The average Bonchev–Trinajstić information content (AvgIpc) is 2.91. The number of carbonyl (C=O) groups is 4. The molecule has 0 aromatic heterocycles. The number of ketones is 2. The Morgan fingerprint density at radius 2 is 1.93 bits per heavy atom. The van der Waals surface area contributed by atoms with E-state index in [0.29, 0.717) is 18.6 Å². The minimum atomic E-state index is -1.53. The van der Waals surface area contributed by atoms with E-state index in [4.69, 9.17) is 5.11 Å². The summed E-state index contributed by atoms with van der Waals surface area (Å²) in [5.41, 5.74) is 0.0907. The zero-order valence-corrected chi connectivity index (χ0v) is 15.7. The molecule has 0 aromatic carbocycles. The zero-order valence-electron chi connectivity index (χ0n) is 15.7. The van der Waals surface area contributed by atoms with Crippen LogP contribution in [-0.2, 0) is 19.2 Å². The van der Waals surface area contributed by atoms with Crippen molar-refractivity contribution < 1.29 is 24.3 Å². The molecule has 0 radical (unpaired) electrons. The van der Waals surface area contributed by atoms with Crippen molar-refractivity contribution in [3.05, 3.63) is 23.8 Å². The number of hydrogen-bond donors (Lipinski definition) is 2. The van der Waals surface area contributed by atoms with Crippen molar-refractivity contribution >= 4 is 23.4 Å². The van der Waals surface area contributed by atoms with Crippen LogP contribution in [0.2, 0.25) is 0 Å². The average molecular weight is 371 g/mol. The molecule has 4 aliphatic rings. The first-order chi connectivity index (χ1) is 12.7. The number of aliphatic carboxylic acids is 1. The van der Waals surface area contributed by atoms with Gasteiger partial charge in [-0.3, -0.25) is 14.4 Å². The fourth-order valence-electron chi connectivity index (χ4n) is 6.41. The van der Waals surface area contributed by atoms with E-state index < -0.39 is 23.3 Å². The largest absolute Gasteiger partial charge is 0.474 e.